The second-order valence-corrected chi connectivity index (χ2v) is 10.6. The average molecular weight is 494 g/mol. The van der Waals surface area contributed by atoms with Gasteiger partial charge < -0.3 is 14.8 Å². The number of imidazole rings is 1. The molecule has 2 aliphatic heterocycles. The van der Waals surface area contributed by atoms with Crippen molar-refractivity contribution >= 4 is 22.5 Å². The lowest BCUT2D eigenvalue weighted by Crippen LogP contribution is -2.43. The number of pyridine rings is 1. The number of carbonyl (C=O) groups excluding carboxylic acids is 1. The molecule has 0 radical (unpaired) electrons. The van der Waals surface area contributed by atoms with Crippen LogP contribution in [0.25, 0.3) is 28.0 Å². The number of piperidine rings is 1. The van der Waals surface area contributed by atoms with Crippen LogP contribution >= 0.6 is 0 Å². The molecule has 6 heteroatoms. The molecule has 0 saturated carbocycles. The first-order chi connectivity index (χ1) is 18.1. The Balaban J connectivity index is 1.07. The highest BCUT2D eigenvalue weighted by atomic mass is 16.2. The molecule has 1 amide bonds. The summed E-state index contributed by atoms with van der Waals surface area (Å²) in [6, 6.07) is 10.5. The van der Waals surface area contributed by atoms with Crippen LogP contribution in [-0.2, 0) is 4.79 Å². The molecule has 37 heavy (non-hydrogen) atoms. The fourth-order valence-electron chi connectivity index (χ4n) is 5.54. The lowest BCUT2D eigenvalue weighted by molar-refractivity contribution is -0.135. The van der Waals surface area contributed by atoms with E-state index in [4.69, 9.17) is 9.97 Å². The van der Waals surface area contributed by atoms with Crippen LogP contribution < -0.4 is 0 Å². The van der Waals surface area contributed by atoms with Gasteiger partial charge in [-0.05, 0) is 86.4 Å². The summed E-state index contributed by atoms with van der Waals surface area (Å²) >= 11 is 0. The second kappa shape index (κ2) is 10.4. The maximum absolute atomic E-state index is 12.3. The van der Waals surface area contributed by atoms with E-state index in [2.05, 4.69) is 71.4 Å². The number of aromatic amines is 1. The first-order valence-electron chi connectivity index (χ1n) is 13.6. The molecule has 0 unspecified atom stereocenters. The van der Waals surface area contributed by atoms with Gasteiger partial charge >= 0.3 is 0 Å². The van der Waals surface area contributed by atoms with Gasteiger partial charge in [0.25, 0.3) is 0 Å². The van der Waals surface area contributed by atoms with E-state index in [1.807, 2.05) is 11.1 Å². The highest BCUT2D eigenvalue weighted by Crippen LogP contribution is 2.28. The van der Waals surface area contributed by atoms with Crippen LogP contribution in [-0.4, -0.2) is 56.8 Å². The average Bonchev–Trinajstić information content (AvgIpc) is 3.27. The number of benzene rings is 1. The lowest BCUT2D eigenvalue weighted by Gasteiger charge is -2.36. The van der Waals surface area contributed by atoms with E-state index in [0.717, 1.165) is 86.4 Å². The van der Waals surface area contributed by atoms with Crippen molar-refractivity contribution in [3.8, 4) is 11.4 Å². The van der Waals surface area contributed by atoms with Gasteiger partial charge in [0.15, 0.2) is 0 Å². The van der Waals surface area contributed by atoms with Crippen molar-refractivity contribution in [2.24, 2.45) is 5.92 Å². The summed E-state index contributed by atoms with van der Waals surface area (Å²) in [6.07, 6.45) is 16.9. The van der Waals surface area contributed by atoms with Gasteiger partial charge in [-0.25, -0.2) is 4.98 Å². The van der Waals surface area contributed by atoms with Crippen molar-refractivity contribution < 1.29 is 4.79 Å². The highest BCUT2D eigenvalue weighted by Gasteiger charge is 2.26. The summed E-state index contributed by atoms with van der Waals surface area (Å²) in [6.45, 7) is 6.09. The number of nitrogens with zero attached hydrogens (tertiary/aromatic N) is 4. The van der Waals surface area contributed by atoms with Crippen molar-refractivity contribution in [2.75, 3.05) is 26.2 Å². The summed E-state index contributed by atoms with van der Waals surface area (Å²) in [7, 11) is 0. The number of amides is 1. The number of allylic oxidation sites excluding steroid dienone is 5. The minimum absolute atomic E-state index is 0.363. The zero-order valence-corrected chi connectivity index (χ0v) is 21.6. The van der Waals surface area contributed by atoms with E-state index in [1.54, 1.807) is 0 Å². The number of hydrogen-bond donors (Lipinski definition) is 1. The molecule has 3 aliphatic rings. The molecule has 1 aromatic carbocycles. The summed E-state index contributed by atoms with van der Waals surface area (Å²) in [5.41, 5.74) is 7.83. The largest absolute Gasteiger partial charge is 0.372 e. The normalized spacial score (nSPS) is 20.1. The Labute approximate surface area is 218 Å². The molecule has 2 saturated heterocycles. The summed E-state index contributed by atoms with van der Waals surface area (Å²) in [5.74, 6) is 1.75. The quantitative estimate of drug-likeness (QED) is 0.482. The number of likely N-dealkylation sites (tertiary alicyclic amines) is 2. The molecule has 0 spiro atoms. The van der Waals surface area contributed by atoms with Gasteiger partial charge in [0.1, 0.15) is 5.82 Å². The lowest BCUT2D eigenvalue weighted by atomic mass is 9.92. The predicted molar refractivity (Wildman–Crippen MR) is 149 cm³/mol. The molecule has 6 nitrogen and oxygen atoms in total. The van der Waals surface area contributed by atoms with Crippen LogP contribution in [0.5, 0.6) is 0 Å². The first-order valence-corrected chi connectivity index (χ1v) is 13.6. The Morgan fingerprint density at radius 3 is 2.70 bits per heavy atom. The molecule has 3 aromatic rings. The van der Waals surface area contributed by atoms with E-state index in [0.29, 0.717) is 11.8 Å². The number of hydrogen-bond acceptors (Lipinski definition) is 4. The minimum atomic E-state index is 0.363. The van der Waals surface area contributed by atoms with Crippen LogP contribution in [0.1, 0.15) is 49.8 Å². The Kier molecular flexibility index (Phi) is 6.64. The smallest absolute Gasteiger partial charge is 0.222 e. The van der Waals surface area contributed by atoms with E-state index in [-0.39, 0.29) is 0 Å². The maximum Gasteiger partial charge on any atom is 0.222 e. The number of rotatable bonds is 5. The zero-order valence-electron chi connectivity index (χ0n) is 21.6. The van der Waals surface area contributed by atoms with Gasteiger partial charge in [-0.2, -0.15) is 0 Å². The maximum atomic E-state index is 12.3. The fraction of sp³-hybridized carbons (Fsp3) is 0.387. The number of nitrogens with one attached hydrogen (secondary N) is 1. The van der Waals surface area contributed by atoms with Crippen LogP contribution in [0.15, 0.2) is 66.5 Å². The van der Waals surface area contributed by atoms with Crippen molar-refractivity contribution in [1.82, 2.24) is 24.8 Å². The van der Waals surface area contributed by atoms with Gasteiger partial charge in [0.05, 0.1) is 16.7 Å². The minimum Gasteiger partial charge on any atom is -0.372 e. The number of aromatic nitrogens is 3. The van der Waals surface area contributed by atoms with E-state index >= 15 is 0 Å². The van der Waals surface area contributed by atoms with Crippen molar-refractivity contribution in [2.45, 2.75) is 45.4 Å². The van der Waals surface area contributed by atoms with Crippen LogP contribution in [0.3, 0.4) is 0 Å². The van der Waals surface area contributed by atoms with E-state index in [9.17, 15) is 4.79 Å². The Hall–Kier alpha value is -3.67. The standard InChI is InChI=1S/C31H35N5O/c1-22-9-11-28-29(19-22)34-31(33-28)25-10-12-27(32-21-25)24-5-2-7-26(8-3-6-24)35-17-13-23(14-18-35)20-30(37)36-15-4-16-36/h2,6-12,19,21,23H,3-5,13-18,20H2,1H3,(H,33,34)/b7-2?,24-6?,26-8+. The van der Waals surface area contributed by atoms with Crippen molar-refractivity contribution in [3.63, 3.8) is 0 Å². The Bertz CT molecular complexity index is 1370. The molecule has 0 atom stereocenters. The Morgan fingerprint density at radius 2 is 1.95 bits per heavy atom. The second-order valence-electron chi connectivity index (χ2n) is 10.6. The molecular formula is C31H35N5O. The number of H-pyrrole nitrogens is 1. The molecule has 190 valence electrons. The van der Waals surface area contributed by atoms with E-state index < -0.39 is 0 Å². The molecule has 2 fully saturated rings. The molecule has 1 N–H and O–H groups in total. The third-order valence-corrected chi connectivity index (χ3v) is 7.97. The summed E-state index contributed by atoms with van der Waals surface area (Å²) < 4.78 is 0. The number of aryl methyl sites for hydroxylation is 1. The number of carbonyl (C=O) groups is 1. The first kappa shape index (κ1) is 23.7. The number of fused-ring (bicyclic) bond motifs is 1. The van der Waals surface area contributed by atoms with Gasteiger partial charge in [-0.3, -0.25) is 9.78 Å². The monoisotopic (exact) mass is 493 g/mol. The predicted octanol–water partition coefficient (Wildman–Crippen LogP) is 5.89. The van der Waals surface area contributed by atoms with Crippen LogP contribution in [0, 0.1) is 12.8 Å². The van der Waals surface area contributed by atoms with E-state index in [1.165, 1.54) is 23.3 Å². The topological polar surface area (TPSA) is 65.1 Å². The third kappa shape index (κ3) is 5.24. The molecule has 1 aliphatic carbocycles. The SMILES string of the molecule is Cc1ccc2nc(-c3ccc(C4=CC/C=C(/N5CCC(CC(=O)N6CCC6)CC5)C=CC4)nc3)[nH]c2c1. The summed E-state index contributed by atoms with van der Waals surface area (Å²) in [4.78, 5) is 29.7. The van der Waals surface area contributed by atoms with Crippen molar-refractivity contribution in [1.29, 1.82) is 0 Å². The van der Waals surface area contributed by atoms with Crippen LogP contribution in [0.2, 0.25) is 0 Å². The highest BCUT2D eigenvalue weighted by molar-refractivity contribution is 5.80. The van der Waals surface area contributed by atoms with Gasteiger partial charge in [0, 0.05) is 50.1 Å². The van der Waals surface area contributed by atoms with Crippen LogP contribution in [0.4, 0.5) is 0 Å². The Morgan fingerprint density at radius 1 is 1.08 bits per heavy atom. The molecule has 2 aromatic heterocycles. The fourth-order valence-corrected chi connectivity index (χ4v) is 5.54. The summed E-state index contributed by atoms with van der Waals surface area (Å²) in [5, 5.41) is 0. The van der Waals surface area contributed by atoms with Gasteiger partial charge in [0.2, 0.25) is 5.91 Å². The van der Waals surface area contributed by atoms with Gasteiger partial charge in [-0.1, -0.05) is 24.3 Å². The molecule has 6 rings (SSSR count). The van der Waals surface area contributed by atoms with Crippen molar-refractivity contribution in [3.05, 3.63) is 77.8 Å². The van der Waals surface area contributed by atoms with Gasteiger partial charge in [-0.15, -0.1) is 0 Å². The molecule has 4 heterocycles. The molecule has 0 bridgehead atoms. The zero-order chi connectivity index (χ0) is 25.2. The third-order valence-electron chi connectivity index (χ3n) is 7.97. The molecular weight excluding hydrogens is 458 g/mol.